The minimum absolute atomic E-state index is 0.0251. The zero-order valence-corrected chi connectivity index (χ0v) is 10.2. The predicted molar refractivity (Wildman–Crippen MR) is 64.4 cm³/mol. The summed E-state index contributed by atoms with van der Waals surface area (Å²) in [5.74, 6) is -1.77. The third kappa shape index (κ3) is 2.17. The molecule has 0 radical (unpaired) electrons. The van der Waals surface area contributed by atoms with Crippen LogP contribution >= 0.6 is 0 Å². The quantitative estimate of drug-likeness (QED) is 0.775. The van der Waals surface area contributed by atoms with E-state index in [1.807, 2.05) is 4.90 Å². The van der Waals surface area contributed by atoms with Gasteiger partial charge in [-0.15, -0.1) is 0 Å². The summed E-state index contributed by atoms with van der Waals surface area (Å²) in [5.41, 5.74) is -0.170. The molecule has 0 aromatic heterocycles. The van der Waals surface area contributed by atoms with Gasteiger partial charge < -0.3 is 9.64 Å². The van der Waals surface area contributed by atoms with Crippen LogP contribution in [0, 0.1) is 11.6 Å². The Balaban J connectivity index is 2.52. The van der Waals surface area contributed by atoms with E-state index in [2.05, 4.69) is 0 Å². The fourth-order valence-corrected chi connectivity index (χ4v) is 2.19. The molecule has 0 N–H and O–H groups in total. The molecule has 1 saturated heterocycles. The summed E-state index contributed by atoms with van der Waals surface area (Å²) in [5, 5.41) is 0. The van der Waals surface area contributed by atoms with Crippen molar-refractivity contribution < 1.29 is 18.3 Å². The Morgan fingerprint density at radius 2 is 2.06 bits per heavy atom. The van der Waals surface area contributed by atoms with Gasteiger partial charge in [0.15, 0.2) is 17.9 Å². The van der Waals surface area contributed by atoms with Gasteiger partial charge in [-0.2, -0.15) is 0 Å². The molecule has 3 nitrogen and oxygen atoms in total. The molecule has 98 valence electrons. The van der Waals surface area contributed by atoms with Gasteiger partial charge in [-0.25, -0.2) is 8.78 Å². The molecule has 0 saturated carbocycles. The average Bonchev–Trinajstić information content (AvgIpc) is 2.86. The molecule has 1 aliphatic heterocycles. The van der Waals surface area contributed by atoms with Crippen molar-refractivity contribution in [3.8, 4) is 5.75 Å². The minimum atomic E-state index is -0.909. The predicted octanol–water partition coefficient (Wildman–Crippen LogP) is 2.78. The number of carbonyl (C=O) groups is 1. The molecule has 1 aromatic rings. The van der Waals surface area contributed by atoms with Gasteiger partial charge in [0, 0.05) is 19.2 Å². The Labute approximate surface area is 104 Å². The van der Waals surface area contributed by atoms with Crippen molar-refractivity contribution in [2.24, 2.45) is 0 Å². The molecule has 1 heterocycles. The van der Waals surface area contributed by atoms with E-state index in [0.717, 1.165) is 25.9 Å². The molecule has 5 heteroatoms. The first-order valence-electron chi connectivity index (χ1n) is 6.04. The van der Waals surface area contributed by atoms with Gasteiger partial charge in [0.1, 0.15) is 5.82 Å². The van der Waals surface area contributed by atoms with Crippen molar-refractivity contribution in [1.29, 1.82) is 0 Å². The molecule has 1 fully saturated rings. The topological polar surface area (TPSA) is 29.5 Å². The Bertz CT molecular complexity index is 457. The zero-order chi connectivity index (χ0) is 13.1. The van der Waals surface area contributed by atoms with Gasteiger partial charge in [0.25, 0.3) is 0 Å². The molecule has 1 aromatic carbocycles. The molecular weight excluding hydrogens is 240 g/mol. The fourth-order valence-electron chi connectivity index (χ4n) is 2.19. The molecule has 1 aliphatic rings. The highest BCUT2D eigenvalue weighted by atomic mass is 19.1. The minimum Gasteiger partial charge on any atom is -0.489 e. The number of anilines is 1. The first-order chi connectivity index (χ1) is 8.69. The van der Waals surface area contributed by atoms with Crippen molar-refractivity contribution in [3.63, 3.8) is 0 Å². The lowest BCUT2D eigenvalue weighted by Gasteiger charge is -2.22. The van der Waals surface area contributed by atoms with E-state index in [-0.39, 0.29) is 18.6 Å². The van der Waals surface area contributed by atoms with Gasteiger partial charge in [-0.1, -0.05) is 0 Å². The number of hydrogen-bond acceptors (Lipinski definition) is 3. The second kappa shape index (κ2) is 5.33. The summed E-state index contributed by atoms with van der Waals surface area (Å²) in [4.78, 5) is 12.6. The largest absolute Gasteiger partial charge is 0.489 e. The van der Waals surface area contributed by atoms with E-state index in [1.165, 1.54) is 6.07 Å². The highest BCUT2D eigenvalue weighted by molar-refractivity contribution is 5.79. The van der Waals surface area contributed by atoms with Crippen LogP contribution in [-0.2, 0) is 0 Å². The van der Waals surface area contributed by atoms with Gasteiger partial charge in [-0.05, 0) is 19.8 Å². The van der Waals surface area contributed by atoms with Crippen LogP contribution in [0.1, 0.15) is 30.1 Å². The molecule has 0 unspecified atom stereocenters. The summed E-state index contributed by atoms with van der Waals surface area (Å²) < 4.78 is 32.9. The SMILES string of the molecule is CCOc1c(N2CCCC2)cc(F)c(C=O)c1F. The number of nitrogens with zero attached hydrogens (tertiary/aromatic N) is 1. The van der Waals surface area contributed by atoms with Crippen molar-refractivity contribution in [3.05, 3.63) is 23.3 Å². The maximum atomic E-state index is 14.0. The van der Waals surface area contributed by atoms with Crippen molar-refractivity contribution in [2.45, 2.75) is 19.8 Å². The second-order valence-corrected chi connectivity index (χ2v) is 4.18. The van der Waals surface area contributed by atoms with Crippen molar-refractivity contribution >= 4 is 12.0 Å². The molecule has 0 amide bonds. The molecular formula is C13H15F2NO2. The standard InChI is InChI=1S/C13H15F2NO2/c1-2-18-13-11(16-5-3-4-6-16)7-10(14)9(8-17)12(13)15/h7-8H,2-6H2,1H3. The highest BCUT2D eigenvalue weighted by Gasteiger charge is 2.24. The molecule has 0 atom stereocenters. The molecule has 0 spiro atoms. The maximum Gasteiger partial charge on any atom is 0.180 e. The zero-order valence-electron chi connectivity index (χ0n) is 10.2. The first kappa shape index (κ1) is 12.8. The fraction of sp³-hybridized carbons (Fsp3) is 0.462. The lowest BCUT2D eigenvalue weighted by Crippen LogP contribution is -2.20. The monoisotopic (exact) mass is 255 g/mol. The number of carbonyl (C=O) groups excluding carboxylic acids is 1. The van der Waals surface area contributed by atoms with Crippen LogP contribution < -0.4 is 9.64 Å². The van der Waals surface area contributed by atoms with Crippen molar-refractivity contribution in [2.75, 3.05) is 24.6 Å². The maximum absolute atomic E-state index is 14.0. The third-order valence-corrected chi connectivity index (χ3v) is 3.04. The van der Waals surface area contributed by atoms with E-state index in [9.17, 15) is 13.6 Å². The number of hydrogen-bond donors (Lipinski definition) is 0. The molecule has 2 rings (SSSR count). The number of ether oxygens (including phenoxy) is 1. The number of aldehydes is 1. The van der Waals surface area contributed by atoms with E-state index in [4.69, 9.17) is 4.74 Å². The second-order valence-electron chi connectivity index (χ2n) is 4.18. The summed E-state index contributed by atoms with van der Waals surface area (Å²) in [6, 6.07) is 1.18. The van der Waals surface area contributed by atoms with Crippen LogP contribution in [0.4, 0.5) is 14.5 Å². The van der Waals surface area contributed by atoms with E-state index in [1.54, 1.807) is 6.92 Å². The van der Waals surface area contributed by atoms with Gasteiger partial charge in [-0.3, -0.25) is 4.79 Å². The Morgan fingerprint density at radius 1 is 1.39 bits per heavy atom. The Morgan fingerprint density at radius 3 is 2.61 bits per heavy atom. The van der Waals surface area contributed by atoms with E-state index in [0.29, 0.717) is 5.69 Å². The summed E-state index contributed by atoms with van der Waals surface area (Å²) in [6.45, 7) is 3.48. The number of rotatable bonds is 4. The highest BCUT2D eigenvalue weighted by Crippen LogP contribution is 2.36. The molecule has 18 heavy (non-hydrogen) atoms. The smallest absolute Gasteiger partial charge is 0.180 e. The summed E-state index contributed by atoms with van der Waals surface area (Å²) in [7, 11) is 0. The Hall–Kier alpha value is -1.65. The van der Waals surface area contributed by atoms with E-state index < -0.39 is 17.2 Å². The Kier molecular flexibility index (Phi) is 3.79. The van der Waals surface area contributed by atoms with Crippen LogP contribution in [0.15, 0.2) is 6.07 Å². The van der Waals surface area contributed by atoms with E-state index >= 15 is 0 Å². The first-order valence-corrected chi connectivity index (χ1v) is 6.04. The van der Waals surface area contributed by atoms with Gasteiger partial charge >= 0.3 is 0 Å². The molecule has 0 bridgehead atoms. The summed E-state index contributed by atoms with van der Waals surface area (Å²) >= 11 is 0. The normalized spacial score (nSPS) is 14.9. The van der Waals surface area contributed by atoms with Crippen LogP contribution in [-0.4, -0.2) is 26.0 Å². The van der Waals surface area contributed by atoms with Gasteiger partial charge in [0.2, 0.25) is 0 Å². The van der Waals surface area contributed by atoms with Crippen LogP contribution in [0.2, 0.25) is 0 Å². The lowest BCUT2D eigenvalue weighted by atomic mass is 10.1. The van der Waals surface area contributed by atoms with Crippen molar-refractivity contribution in [1.82, 2.24) is 0 Å². The van der Waals surface area contributed by atoms with Crippen LogP contribution in [0.5, 0.6) is 5.75 Å². The van der Waals surface area contributed by atoms with Crippen LogP contribution in [0.3, 0.4) is 0 Å². The lowest BCUT2D eigenvalue weighted by molar-refractivity contribution is 0.111. The number of benzene rings is 1. The third-order valence-electron chi connectivity index (χ3n) is 3.04. The summed E-state index contributed by atoms with van der Waals surface area (Å²) in [6.07, 6.45) is 2.16. The van der Waals surface area contributed by atoms with Gasteiger partial charge in [0.05, 0.1) is 17.9 Å². The van der Waals surface area contributed by atoms with Crippen LogP contribution in [0.25, 0.3) is 0 Å². The molecule has 0 aliphatic carbocycles. The number of halogens is 2. The average molecular weight is 255 g/mol.